The lowest BCUT2D eigenvalue weighted by Crippen LogP contribution is -2.22. The van der Waals surface area contributed by atoms with Gasteiger partial charge in [-0.3, -0.25) is 4.79 Å². The molecule has 0 aliphatic rings. The van der Waals surface area contributed by atoms with Gasteiger partial charge >= 0.3 is 0 Å². The summed E-state index contributed by atoms with van der Waals surface area (Å²) < 4.78 is 12.4. The van der Waals surface area contributed by atoms with Gasteiger partial charge in [0, 0.05) is 31.0 Å². The van der Waals surface area contributed by atoms with Crippen LogP contribution in [0.15, 0.2) is 61.2 Å². The Bertz CT molecular complexity index is 859. The SMILES string of the molecule is COc1ccc(C(=O)NCc2ccc(Cn3ccnc3)cc2)cc1OC. The van der Waals surface area contributed by atoms with Crippen molar-refractivity contribution in [2.24, 2.45) is 0 Å². The van der Waals surface area contributed by atoms with Crippen molar-refractivity contribution >= 4 is 5.91 Å². The Labute approximate surface area is 152 Å². The molecule has 0 unspecified atom stereocenters. The standard InChI is InChI=1S/C20H21N3O3/c1-25-18-8-7-17(11-19(18)26-2)20(24)22-12-15-3-5-16(6-4-15)13-23-10-9-21-14-23/h3-11,14H,12-13H2,1-2H3,(H,22,24). The van der Waals surface area contributed by atoms with Crippen molar-refractivity contribution in [2.45, 2.75) is 13.1 Å². The molecule has 0 bridgehead atoms. The van der Waals surface area contributed by atoms with E-state index in [2.05, 4.69) is 22.4 Å². The van der Waals surface area contributed by atoms with Crippen LogP contribution in [-0.4, -0.2) is 29.7 Å². The van der Waals surface area contributed by atoms with Gasteiger partial charge in [0.25, 0.3) is 5.91 Å². The van der Waals surface area contributed by atoms with Crippen molar-refractivity contribution in [3.05, 3.63) is 77.9 Å². The largest absolute Gasteiger partial charge is 0.493 e. The minimum atomic E-state index is -0.159. The number of carbonyl (C=O) groups excluding carboxylic acids is 1. The number of imidazole rings is 1. The van der Waals surface area contributed by atoms with Gasteiger partial charge in [-0.15, -0.1) is 0 Å². The molecule has 0 spiro atoms. The zero-order valence-corrected chi connectivity index (χ0v) is 14.8. The van der Waals surface area contributed by atoms with Gasteiger partial charge in [-0.1, -0.05) is 24.3 Å². The Kier molecular flexibility index (Phi) is 5.53. The summed E-state index contributed by atoms with van der Waals surface area (Å²) in [5.74, 6) is 0.968. The number of hydrogen-bond acceptors (Lipinski definition) is 4. The maximum atomic E-state index is 12.3. The zero-order valence-electron chi connectivity index (χ0n) is 14.8. The molecule has 0 radical (unpaired) electrons. The van der Waals surface area contributed by atoms with Crippen LogP contribution >= 0.6 is 0 Å². The van der Waals surface area contributed by atoms with E-state index in [4.69, 9.17) is 9.47 Å². The number of nitrogens with one attached hydrogen (secondary N) is 1. The average molecular weight is 351 g/mol. The van der Waals surface area contributed by atoms with Crippen LogP contribution in [0.2, 0.25) is 0 Å². The number of ether oxygens (including phenoxy) is 2. The Morgan fingerprint density at radius 1 is 1.04 bits per heavy atom. The van der Waals surface area contributed by atoms with Gasteiger partial charge in [-0.2, -0.15) is 0 Å². The number of aromatic nitrogens is 2. The van der Waals surface area contributed by atoms with Crippen LogP contribution in [0.1, 0.15) is 21.5 Å². The Morgan fingerprint density at radius 3 is 2.42 bits per heavy atom. The molecule has 1 heterocycles. The number of carbonyl (C=O) groups is 1. The highest BCUT2D eigenvalue weighted by molar-refractivity contribution is 5.94. The van der Waals surface area contributed by atoms with Gasteiger partial charge in [0.05, 0.1) is 20.5 Å². The van der Waals surface area contributed by atoms with Gasteiger partial charge in [-0.05, 0) is 29.3 Å². The van der Waals surface area contributed by atoms with Crippen molar-refractivity contribution in [2.75, 3.05) is 14.2 Å². The summed E-state index contributed by atoms with van der Waals surface area (Å²) in [6.07, 6.45) is 5.48. The summed E-state index contributed by atoms with van der Waals surface area (Å²) in [6.45, 7) is 1.23. The van der Waals surface area contributed by atoms with E-state index >= 15 is 0 Å². The van der Waals surface area contributed by atoms with E-state index in [1.165, 1.54) is 5.56 Å². The molecule has 6 heteroatoms. The predicted octanol–water partition coefficient (Wildman–Crippen LogP) is 2.88. The van der Waals surface area contributed by atoms with Crippen LogP contribution in [0.25, 0.3) is 0 Å². The molecule has 1 N–H and O–H groups in total. The third-order valence-corrected chi connectivity index (χ3v) is 4.05. The molecule has 0 fully saturated rings. The van der Waals surface area contributed by atoms with E-state index in [-0.39, 0.29) is 5.91 Å². The molecular weight excluding hydrogens is 330 g/mol. The number of rotatable bonds is 7. The molecule has 26 heavy (non-hydrogen) atoms. The van der Waals surface area contributed by atoms with Crippen LogP contribution in [0, 0.1) is 0 Å². The lowest BCUT2D eigenvalue weighted by molar-refractivity contribution is 0.0950. The van der Waals surface area contributed by atoms with E-state index in [1.54, 1.807) is 44.9 Å². The first-order valence-electron chi connectivity index (χ1n) is 8.23. The van der Waals surface area contributed by atoms with Gasteiger partial charge in [0.2, 0.25) is 0 Å². The fourth-order valence-corrected chi connectivity index (χ4v) is 2.62. The first-order valence-corrected chi connectivity index (χ1v) is 8.23. The van der Waals surface area contributed by atoms with Crippen LogP contribution in [0.3, 0.4) is 0 Å². The molecule has 134 valence electrons. The maximum Gasteiger partial charge on any atom is 0.251 e. The first-order chi connectivity index (χ1) is 12.7. The quantitative estimate of drug-likeness (QED) is 0.711. The van der Waals surface area contributed by atoms with Crippen molar-refractivity contribution in [1.82, 2.24) is 14.9 Å². The maximum absolute atomic E-state index is 12.3. The smallest absolute Gasteiger partial charge is 0.251 e. The highest BCUT2D eigenvalue weighted by atomic mass is 16.5. The highest BCUT2D eigenvalue weighted by Gasteiger charge is 2.10. The minimum Gasteiger partial charge on any atom is -0.493 e. The molecule has 1 aromatic heterocycles. The summed E-state index contributed by atoms with van der Waals surface area (Å²) in [5, 5.41) is 2.92. The van der Waals surface area contributed by atoms with Gasteiger partial charge in [0.15, 0.2) is 11.5 Å². The fraction of sp³-hybridized carbons (Fsp3) is 0.200. The summed E-state index contributed by atoms with van der Waals surface area (Å²) in [6, 6.07) is 13.2. The molecule has 0 atom stereocenters. The van der Waals surface area contributed by atoms with Crippen LogP contribution < -0.4 is 14.8 Å². The Morgan fingerprint density at radius 2 is 1.77 bits per heavy atom. The molecule has 3 rings (SSSR count). The minimum absolute atomic E-state index is 0.159. The molecule has 0 saturated heterocycles. The summed E-state index contributed by atoms with van der Waals surface area (Å²) in [7, 11) is 3.11. The fourth-order valence-electron chi connectivity index (χ4n) is 2.62. The average Bonchev–Trinajstić information content (AvgIpc) is 3.19. The number of nitrogens with zero attached hydrogens (tertiary/aromatic N) is 2. The van der Waals surface area contributed by atoms with Gasteiger partial charge in [-0.25, -0.2) is 4.98 Å². The molecule has 0 saturated carbocycles. The summed E-state index contributed by atoms with van der Waals surface area (Å²) in [4.78, 5) is 16.4. The van der Waals surface area contributed by atoms with Crippen LogP contribution in [-0.2, 0) is 13.1 Å². The summed E-state index contributed by atoms with van der Waals surface area (Å²) >= 11 is 0. The van der Waals surface area contributed by atoms with E-state index in [0.29, 0.717) is 23.6 Å². The Hall–Kier alpha value is -3.28. The zero-order chi connectivity index (χ0) is 18.4. The van der Waals surface area contributed by atoms with E-state index < -0.39 is 0 Å². The lowest BCUT2D eigenvalue weighted by atomic mass is 10.1. The highest BCUT2D eigenvalue weighted by Crippen LogP contribution is 2.27. The monoisotopic (exact) mass is 351 g/mol. The van der Waals surface area contributed by atoms with E-state index in [1.807, 2.05) is 22.9 Å². The third-order valence-electron chi connectivity index (χ3n) is 4.05. The number of benzene rings is 2. The van der Waals surface area contributed by atoms with E-state index in [0.717, 1.165) is 12.1 Å². The summed E-state index contributed by atoms with van der Waals surface area (Å²) in [5.41, 5.74) is 2.74. The predicted molar refractivity (Wildman–Crippen MR) is 98.5 cm³/mol. The second-order valence-corrected chi connectivity index (χ2v) is 5.80. The normalized spacial score (nSPS) is 10.4. The van der Waals surface area contributed by atoms with Crippen molar-refractivity contribution in [3.63, 3.8) is 0 Å². The number of hydrogen-bond donors (Lipinski definition) is 1. The molecular formula is C20H21N3O3. The number of methoxy groups -OCH3 is 2. The molecule has 1 amide bonds. The molecule has 0 aliphatic carbocycles. The molecule has 6 nitrogen and oxygen atoms in total. The third kappa shape index (κ3) is 4.22. The van der Waals surface area contributed by atoms with Gasteiger partial charge < -0.3 is 19.4 Å². The Balaban J connectivity index is 1.59. The first kappa shape index (κ1) is 17.5. The van der Waals surface area contributed by atoms with Crippen LogP contribution in [0.4, 0.5) is 0 Å². The van der Waals surface area contributed by atoms with E-state index in [9.17, 15) is 4.79 Å². The molecule has 2 aromatic carbocycles. The number of amides is 1. The molecule has 0 aliphatic heterocycles. The van der Waals surface area contributed by atoms with Crippen LogP contribution in [0.5, 0.6) is 11.5 Å². The van der Waals surface area contributed by atoms with Crippen molar-refractivity contribution in [1.29, 1.82) is 0 Å². The molecule has 3 aromatic rings. The van der Waals surface area contributed by atoms with Crippen molar-refractivity contribution < 1.29 is 14.3 Å². The topological polar surface area (TPSA) is 65.4 Å². The van der Waals surface area contributed by atoms with Gasteiger partial charge in [0.1, 0.15) is 0 Å². The van der Waals surface area contributed by atoms with Crippen molar-refractivity contribution in [3.8, 4) is 11.5 Å². The second kappa shape index (κ2) is 8.20. The lowest BCUT2D eigenvalue weighted by Gasteiger charge is -2.10. The second-order valence-electron chi connectivity index (χ2n) is 5.80.